The topological polar surface area (TPSA) is 64.4 Å². The fourth-order valence-electron chi connectivity index (χ4n) is 3.85. The van der Waals surface area contributed by atoms with E-state index in [2.05, 4.69) is 29.6 Å². The molecule has 0 spiro atoms. The molecule has 3 rings (SSSR count). The van der Waals surface area contributed by atoms with Gasteiger partial charge in [-0.2, -0.15) is 0 Å². The quantitative estimate of drug-likeness (QED) is 0.845. The summed E-state index contributed by atoms with van der Waals surface area (Å²) in [4.78, 5) is 4.62. The molecule has 0 amide bonds. The van der Waals surface area contributed by atoms with Crippen molar-refractivity contribution >= 4 is 10.0 Å². The van der Waals surface area contributed by atoms with Crippen molar-refractivity contribution in [2.45, 2.75) is 57.1 Å². The van der Waals surface area contributed by atoms with Gasteiger partial charge in [-0.1, -0.05) is 0 Å². The largest absolute Gasteiger partial charge is 0.376 e. The highest BCUT2D eigenvalue weighted by Crippen LogP contribution is 2.37. The number of piperidine rings is 1. The highest BCUT2D eigenvalue weighted by molar-refractivity contribution is 7.88. The van der Waals surface area contributed by atoms with Gasteiger partial charge in [0.15, 0.2) is 0 Å². The van der Waals surface area contributed by atoms with Gasteiger partial charge >= 0.3 is 0 Å². The Morgan fingerprint density at radius 2 is 1.96 bits per heavy atom. The number of hydrogen-bond acceptors (Lipinski definition) is 4. The zero-order chi connectivity index (χ0) is 16.7. The molecule has 0 aromatic carbocycles. The Morgan fingerprint density at radius 1 is 1.26 bits per heavy atom. The molecule has 0 saturated carbocycles. The molecule has 2 fully saturated rings. The minimum absolute atomic E-state index is 0.0979. The van der Waals surface area contributed by atoms with Gasteiger partial charge in [-0.05, 0) is 39.5 Å². The molecule has 2 aliphatic rings. The molecule has 0 bridgehead atoms. The van der Waals surface area contributed by atoms with E-state index in [1.165, 1.54) is 6.26 Å². The van der Waals surface area contributed by atoms with Gasteiger partial charge in [0, 0.05) is 44.0 Å². The van der Waals surface area contributed by atoms with Crippen LogP contribution in [0.3, 0.4) is 0 Å². The lowest BCUT2D eigenvalue weighted by Gasteiger charge is -2.37. The van der Waals surface area contributed by atoms with Gasteiger partial charge in [0.2, 0.25) is 10.0 Å². The molecule has 6 nitrogen and oxygen atoms in total. The minimum atomic E-state index is -3.07. The molecule has 0 radical (unpaired) electrons. The van der Waals surface area contributed by atoms with E-state index in [1.54, 1.807) is 4.31 Å². The Bertz CT molecular complexity index is 645. The summed E-state index contributed by atoms with van der Waals surface area (Å²) in [6.07, 6.45) is 8.90. The molecular weight excluding hydrogens is 314 g/mol. The van der Waals surface area contributed by atoms with Crippen molar-refractivity contribution in [1.29, 1.82) is 0 Å². The van der Waals surface area contributed by atoms with Crippen LogP contribution < -0.4 is 0 Å². The average Bonchev–Trinajstić information content (AvgIpc) is 2.95. The lowest BCUT2D eigenvalue weighted by atomic mass is 9.87. The summed E-state index contributed by atoms with van der Waals surface area (Å²) in [6, 6.07) is 0.344. The summed E-state index contributed by atoms with van der Waals surface area (Å²) in [7, 11) is -3.07. The Hall–Kier alpha value is -0.920. The first kappa shape index (κ1) is 16.9. The smallest absolute Gasteiger partial charge is 0.211 e. The molecule has 23 heavy (non-hydrogen) atoms. The molecule has 2 aliphatic heterocycles. The molecule has 1 aromatic heterocycles. The Kier molecular flexibility index (Phi) is 4.55. The zero-order valence-corrected chi connectivity index (χ0v) is 15.1. The molecular formula is C16H27N3O3S. The standard InChI is InChI=1S/C16H27N3O3S/c1-16(2)12-13(6-11-22-16)15-17-7-10-19(15)14-4-8-18(9-5-14)23(3,20)21/h7,10,13-14H,4-6,8-9,11-12H2,1-3H3/t13-/m0/s1. The molecule has 2 saturated heterocycles. The predicted octanol–water partition coefficient (Wildman–Crippen LogP) is 2.15. The second-order valence-corrected chi connectivity index (χ2v) is 9.37. The molecule has 7 heteroatoms. The van der Waals surface area contributed by atoms with Crippen molar-refractivity contribution in [2.75, 3.05) is 26.0 Å². The van der Waals surface area contributed by atoms with Crippen LogP contribution in [0.4, 0.5) is 0 Å². The van der Waals surface area contributed by atoms with Crippen LogP contribution in [0.15, 0.2) is 12.4 Å². The van der Waals surface area contributed by atoms with E-state index in [0.29, 0.717) is 25.0 Å². The highest BCUT2D eigenvalue weighted by atomic mass is 32.2. The third kappa shape index (κ3) is 3.78. The summed E-state index contributed by atoms with van der Waals surface area (Å²) in [5, 5.41) is 0. The molecule has 130 valence electrons. The normalized spacial score (nSPS) is 27.2. The summed E-state index contributed by atoms with van der Waals surface area (Å²) in [5.74, 6) is 1.56. The molecule has 0 unspecified atom stereocenters. The van der Waals surface area contributed by atoms with Crippen LogP contribution in [0, 0.1) is 0 Å². The second kappa shape index (κ2) is 6.18. The van der Waals surface area contributed by atoms with Crippen molar-refractivity contribution in [1.82, 2.24) is 13.9 Å². The van der Waals surface area contributed by atoms with Gasteiger partial charge in [-0.25, -0.2) is 17.7 Å². The SMILES string of the molecule is CC1(C)C[C@@H](c2nccn2C2CCN(S(C)(=O)=O)CC2)CCO1. The Labute approximate surface area is 138 Å². The van der Waals surface area contributed by atoms with Crippen LogP contribution in [-0.4, -0.2) is 53.8 Å². The molecule has 3 heterocycles. The van der Waals surface area contributed by atoms with Gasteiger partial charge in [0.1, 0.15) is 5.82 Å². The summed E-state index contributed by atoms with van der Waals surface area (Å²) >= 11 is 0. The van der Waals surface area contributed by atoms with E-state index in [4.69, 9.17) is 4.74 Å². The average molecular weight is 341 g/mol. The van der Waals surface area contributed by atoms with Gasteiger partial charge in [0.25, 0.3) is 0 Å². The molecule has 0 aliphatic carbocycles. The van der Waals surface area contributed by atoms with Crippen LogP contribution in [0.1, 0.15) is 57.3 Å². The number of hydrogen-bond donors (Lipinski definition) is 0. The van der Waals surface area contributed by atoms with E-state index in [9.17, 15) is 8.42 Å². The van der Waals surface area contributed by atoms with E-state index >= 15 is 0 Å². The van der Waals surface area contributed by atoms with Crippen molar-refractivity contribution < 1.29 is 13.2 Å². The Balaban J connectivity index is 1.72. The van der Waals surface area contributed by atoms with E-state index in [1.807, 2.05) is 6.20 Å². The number of sulfonamides is 1. The lowest BCUT2D eigenvalue weighted by molar-refractivity contribution is -0.0608. The van der Waals surface area contributed by atoms with Crippen LogP contribution in [-0.2, 0) is 14.8 Å². The number of nitrogens with zero attached hydrogens (tertiary/aromatic N) is 3. The van der Waals surface area contributed by atoms with E-state index in [-0.39, 0.29) is 5.60 Å². The first-order valence-corrected chi connectivity index (χ1v) is 10.2. The van der Waals surface area contributed by atoms with Crippen molar-refractivity contribution in [3.63, 3.8) is 0 Å². The van der Waals surface area contributed by atoms with Gasteiger partial charge in [0.05, 0.1) is 11.9 Å². The predicted molar refractivity (Wildman–Crippen MR) is 88.9 cm³/mol. The van der Waals surface area contributed by atoms with E-state index < -0.39 is 10.0 Å². The molecule has 1 atom stereocenters. The monoisotopic (exact) mass is 341 g/mol. The van der Waals surface area contributed by atoms with Crippen molar-refractivity contribution in [3.05, 3.63) is 18.2 Å². The second-order valence-electron chi connectivity index (χ2n) is 7.38. The van der Waals surface area contributed by atoms with E-state index in [0.717, 1.165) is 38.1 Å². The van der Waals surface area contributed by atoms with Crippen LogP contribution in [0.2, 0.25) is 0 Å². The number of aromatic nitrogens is 2. The molecule has 1 aromatic rings. The maximum atomic E-state index is 11.7. The van der Waals surface area contributed by atoms with Gasteiger partial charge in [-0.15, -0.1) is 0 Å². The number of rotatable bonds is 3. The lowest BCUT2D eigenvalue weighted by Crippen LogP contribution is -2.39. The van der Waals surface area contributed by atoms with Crippen molar-refractivity contribution in [2.24, 2.45) is 0 Å². The fourth-order valence-corrected chi connectivity index (χ4v) is 4.73. The third-order valence-electron chi connectivity index (χ3n) is 5.05. The van der Waals surface area contributed by atoms with Gasteiger partial charge in [-0.3, -0.25) is 0 Å². The third-order valence-corrected chi connectivity index (χ3v) is 6.35. The maximum Gasteiger partial charge on any atom is 0.211 e. The molecule has 0 N–H and O–H groups in total. The number of ether oxygens (including phenoxy) is 1. The van der Waals surface area contributed by atoms with Crippen LogP contribution in [0.5, 0.6) is 0 Å². The zero-order valence-electron chi connectivity index (χ0n) is 14.2. The minimum Gasteiger partial charge on any atom is -0.376 e. The van der Waals surface area contributed by atoms with Crippen LogP contribution >= 0.6 is 0 Å². The van der Waals surface area contributed by atoms with Gasteiger partial charge < -0.3 is 9.30 Å². The highest BCUT2D eigenvalue weighted by Gasteiger charge is 2.34. The maximum absolute atomic E-state index is 11.7. The first-order chi connectivity index (χ1) is 10.8. The van der Waals surface area contributed by atoms with Crippen LogP contribution in [0.25, 0.3) is 0 Å². The number of imidazole rings is 1. The summed E-state index contributed by atoms with van der Waals surface area (Å²) in [5.41, 5.74) is -0.0979. The van der Waals surface area contributed by atoms with Crippen molar-refractivity contribution in [3.8, 4) is 0 Å². The summed E-state index contributed by atoms with van der Waals surface area (Å²) in [6.45, 7) is 6.24. The summed E-state index contributed by atoms with van der Waals surface area (Å²) < 4.78 is 33.0. The fraction of sp³-hybridized carbons (Fsp3) is 0.812. The first-order valence-electron chi connectivity index (χ1n) is 8.38. The Morgan fingerprint density at radius 3 is 2.57 bits per heavy atom.